The largest absolute Gasteiger partial charge is 0.756 e. The summed E-state index contributed by atoms with van der Waals surface area (Å²) in [5.41, 5.74) is 0. The average molecular weight is 925 g/mol. The van der Waals surface area contributed by atoms with Crippen molar-refractivity contribution in [2.75, 3.05) is 40.9 Å². The van der Waals surface area contributed by atoms with E-state index in [2.05, 4.69) is 24.4 Å². The lowest BCUT2D eigenvalue weighted by Crippen LogP contribution is -2.45. The molecular formula is C55H109N2O6P. The Hall–Kier alpha value is -1.02. The minimum atomic E-state index is -4.56. The van der Waals surface area contributed by atoms with E-state index in [1.165, 1.54) is 218 Å². The summed E-state index contributed by atoms with van der Waals surface area (Å²) >= 11 is 0. The van der Waals surface area contributed by atoms with Gasteiger partial charge in [-0.2, -0.15) is 0 Å². The van der Waals surface area contributed by atoms with E-state index >= 15 is 0 Å². The Morgan fingerprint density at radius 3 is 1.25 bits per heavy atom. The third kappa shape index (κ3) is 48.9. The number of hydrogen-bond donors (Lipinski definition) is 2. The number of quaternary nitrogens is 1. The van der Waals surface area contributed by atoms with Crippen LogP contribution in [0.3, 0.4) is 0 Å². The molecule has 380 valence electrons. The number of carbonyl (C=O) groups excluding carboxylic acids is 1. The maximum atomic E-state index is 12.7. The van der Waals surface area contributed by atoms with Gasteiger partial charge in [-0.1, -0.05) is 250 Å². The van der Waals surface area contributed by atoms with Crippen LogP contribution >= 0.6 is 7.82 Å². The summed E-state index contributed by atoms with van der Waals surface area (Å²) < 4.78 is 22.9. The molecule has 0 heterocycles. The van der Waals surface area contributed by atoms with Crippen LogP contribution in [-0.2, 0) is 18.4 Å². The first kappa shape index (κ1) is 63.0. The second-order valence-corrected chi connectivity index (χ2v) is 21.7. The summed E-state index contributed by atoms with van der Waals surface area (Å²) in [5, 5.41) is 13.4. The van der Waals surface area contributed by atoms with Gasteiger partial charge in [-0.05, 0) is 38.5 Å². The second kappa shape index (κ2) is 47.1. The van der Waals surface area contributed by atoms with Crippen LogP contribution in [0.4, 0.5) is 0 Å². The minimum absolute atomic E-state index is 0.000625. The molecule has 0 saturated heterocycles. The Kier molecular flexibility index (Phi) is 46.3. The van der Waals surface area contributed by atoms with Crippen LogP contribution < -0.4 is 10.2 Å². The van der Waals surface area contributed by atoms with Crippen molar-refractivity contribution >= 4 is 13.7 Å². The van der Waals surface area contributed by atoms with Crippen molar-refractivity contribution in [3.8, 4) is 0 Å². The van der Waals surface area contributed by atoms with Gasteiger partial charge in [-0.3, -0.25) is 9.36 Å². The smallest absolute Gasteiger partial charge is 0.268 e. The highest BCUT2D eigenvalue weighted by Gasteiger charge is 2.23. The molecule has 0 saturated carbocycles. The van der Waals surface area contributed by atoms with Crippen molar-refractivity contribution in [1.82, 2.24) is 5.32 Å². The number of allylic oxidation sites excluding steroid dienone is 3. The van der Waals surface area contributed by atoms with Gasteiger partial charge < -0.3 is 28.8 Å². The van der Waals surface area contributed by atoms with Crippen molar-refractivity contribution in [2.45, 2.75) is 283 Å². The van der Waals surface area contributed by atoms with Crippen molar-refractivity contribution in [3.63, 3.8) is 0 Å². The lowest BCUT2D eigenvalue weighted by Gasteiger charge is -2.29. The van der Waals surface area contributed by atoms with E-state index < -0.39 is 20.0 Å². The summed E-state index contributed by atoms with van der Waals surface area (Å²) in [7, 11) is 1.26. The topological polar surface area (TPSA) is 108 Å². The van der Waals surface area contributed by atoms with Gasteiger partial charge >= 0.3 is 0 Å². The van der Waals surface area contributed by atoms with Crippen LogP contribution in [0.15, 0.2) is 24.3 Å². The summed E-state index contributed by atoms with van der Waals surface area (Å²) in [4.78, 5) is 25.0. The first-order valence-electron chi connectivity index (χ1n) is 27.7. The van der Waals surface area contributed by atoms with E-state index in [0.29, 0.717) is 17.4 Å². The Bertz CT molecular complexity index is 1090. The minimum Gasteiger partial charge on any atom is -0.756 e. The van der Waals surface area contributed by atoms with E-state index in [0.717, 1.165) is 32.1 Å². The Balaban J connectivity index is 3.57. The van der Waals surface area contributed by atoms with Crippen LogP contribution in [0, 0.1) is 0 Å². The highest BCUT2D eigenvalue weighted by molar-refractivity contribution is 7.45. The summed E-state index contributed by atoms with van der Waals surface area (Å²) in [6.07, 6.45) is 59.7. The highest BCUT2D eigenvalue weighted by Crippen LogP contribution is 2.38. The molecule has 1 amide bonds. The monoisotopic (exact) mass is 925 g/mol. The molecule has 3 atom stereocenters. The van der Waals surface area contributed by atoms with Crippen LogP contribution in [-0.4, -0.2) is 68.5 Å². The molecule has 0 spiro atoms. The number of carbonyl (C=O) groups is 1. The van der Waals surface area contributed by atoms with Crippen LogP contribution in [0.5, 0.6) is 0 Å². The molecule has 0 aromatic carbocycles. The predicted molar refractivity (Wildman–Crippen MR) is 275 cm³/mol. The molecule has 2 N–H and O–H groups in total. The first-order valence-corrected chi connectivity index (χ1v) is 29.2. The zero-order valence-corrected chi connectivity index (χ0v) is 44.1. The number of phosphoric ester groups is 1. The molecule has 0 aromatic rings. The summed E-state index contributed by atoms with van der Waals surface area (Å²) in [5.74, 6) is -0.205. The molecule has 64 heavy (non-hydrogen) atoms. The predicted octanol–water partition coefficient (Wildman–Crippen LogP) is 15.8. The molecule has 3 unspecified atom stereocenters. The second-order valence-electron chi connectivity index (χ2n) is 20.3. The number of hydrogen-bond acceptors (Lipinski definition) is 6. The Morgan fingerprint density at radius 1 is 0.531 bits per heavy atom. The van der Waals surface area contributed by atoms with E-state index in [1.54, 1.807) is 6.08 Å². The van der Waals surface area contributed by atoms with Crippen molar-refractivity contribution < 1.29 is 32.9 Å². The third-order valence-corrected chi connectivity index (χ3v) is 13.6. The molecule has 8 nitrogen and oxygen atoms in total. The summed E-state index contributed by atoms with van der Waals surface area (Å²) in [6, 6.07) is -0.878. The molecule has 9 heteroatoms. The lowest BCUT2D eigenvalue weighted by molar-refractivity contribution is -0.870. The zero-order valence-electron chi connectivity index (χ0n) is 43.3. The van der Waals surface area contributed by atoms with Crippen LogP contribution in [0.25, 0.3) is 0 Å². The SMILES string of the molecule is CCC/C=C/C(O)C(COP(=O)([O-])OCC[N+](C)(C)C)NC(=O)CCCCCCCCCCCCCCCCCCCCCCCCCCCCC/C=C\CCCCCCCCCC. The number of rotatable bonds is 51. The third-order valence-electron chi connectivity index (χ3n) is 12.6. The fourth-order valence-corrected chi connectivity index (χ4v) is 9.00. The van der Waals surface area contributed by atoms with Gasteiger partial charge in [0.25, 0.3) is 7.82 Å². The van der Waals surface area contributed by atoms with Crippen molar-refractivity contribution in [1.29, 1.82) is 0 Å². The van der Waals surface area contributed by atoms with E-state index in [4.69, 9.17) is 9.05 Å². The van der Waals surface area contributed by atoms with E-state index in [-0.39, 0.29) is 19.1 Å². The molecule has 0 radical (unpaired) electrons. The van der Waals surface area contributed by atoms with Crippen LogP contribution in [0.2, 0.25) is 0 Å². The number of aliphatic hydroxyl groups is 1. The number of aliphatic hydroxyl groups excluding tert-OH is 1. The number of nitrogens with one attached hydrogen (secondary N) is 1. The molecular weight excluding hydrogens is 816 g/mol. The molecule has 0 aliphatic carbocycles. The number of nitrogens with zero attached hydrogens (tertiary/aromatic N) is 1. The van der Waals surface area contributed by atoms with Gasteiger partial charge in [-0.15, -0.1) is 0 Å². The fourth-order valence-electron chi connectivity index (χ4n) is 8.28. The lowest BCUT2D eigenvalue weighted by atomic mass is 10.0. The Labute approximate surface area is 398 Å². The number of unbranched alkanes of at least 4 members (excludes halogenated alkanes) is 36. The fraction of sp³-hybridized carbons (Fsp3) is 0.909. The molecule has 0 aliphatic heterocycles. The quantitative estimate of drug-likeness (QED) is 0.0272. The number of likely N-dealkylation sites (N-methyl/N-ethyl adjacent to an activating group) is 1. The van der Waals surface area contributed by atoms with Gasteiger partial charge in [0.1, 0.15) is 13.2 Å². The van der Waals surface area contributed by atoms with E-state index in [9.17, 15) is 19.4 Å². The maximum absolute atomic E-state index is 12.7. The molecule has 0 rings (SSSR count). The van der Waals surface area contributed by atoms with Gasteiger partial charge in [0.2, 0.25) is 5.91 Å². The zero-order chi connectivity index (χ0) is 47.1. The molecule has 0 fully saturated rings. The van der Waals surface area contributed by atoms with Gasteiger partial charge in [0, 0.05) is 6.42 Å². The molecule has 0 bridgehead atoms. The Morgan fingerprint density at radius 2 is 0.891 bits per heavy atom. The van der Waals surface area contributed by atoms with Crippen molar-refractivity contribution in [3.05, 3.63) is 24.3 Å². The number of phosphoric acid groups is 1. The van der Waals surface area contributed by atoms with Gasteiger partial charge in [0.05, 0.1) is 39.9 Å². The van der Waals surface area contributed by atoms with Gasteiger partial charge in [0.15, 0.2) is 0 Å². The standard InChI is InChI=1S/C55H109N2O6P/c1-6-8-10-11-12-13-14-15-16-17-18-19-20-21-22-23-24-25-26-27-28-29-30-31-32-33-34-35-36-37-38-39-40-41-42-43-44-45-47-49-55(59)56-53(54(58)48-46-9-7-2)52-63-64(60,61)62-51-50-57(3,4)5/h17-18,46,48,53-54,58H,6-16,19-45,47,49-52H2,1-5H3,(H-,56,59,60,61)/b18-17-,48-46+. The number of amides is 1. The molecule has 0 aliphatic rings. The first-order chi connectivity index (χ1) is 31.0. The van der Waals surface area contributed by atoms with Gasteiger partial charge in [-0.25, -0.2) is 0 Å². The highest BCUT2D eigenvalue weighted by atomic mass is 31.2. The summed E-state index contributed by atoms with van der Waals surface area (Å²) in [6.45, 7) is 4.44. The van der Waals surface area contributed by atoms with Crippen molar-refractivity contribution in [2.24, 2.45) is 0 Å². The normalized spacial score (nSPS) is 14.2. The van der Waals surface area contributed by atoms with E-state index in [1.807, 2.05) is 34.1 Å². The average Bonchev–Trinajstić information content (AvgIpc) is 3.25. The van der Waals surface area contributed by atoms with Crippen LogP contribution in [0.1, 0.15) is 271 Å². The molecule has 0 aromatic heterocycles. The maximum Gasteiger partial charge on any atom is 0.268 e.